The van der Waals surface area contributed by atoms with E-state index in [4.69, 9.17) is 23.2 Å². The Morgan fingerprint density at radius 3 is 2.39 bits per heavy atom. The topological polar surface area (TPSA) is 57.6 Å². The number of sulfonamides is 1. The van der Waals surface area contributed by atoms with E-state index in [1.54, 1.807) is 0 Å². The van der Waals surface area contributed by atoms with Crippen molar-refractivity contribution >= 4 is 33.2 Å². The van der Waals surface area contributed by atoms with Gasteiger partial charge in [0.2, 0.25) is 10.0 Å². The lowest BCUT2D eigenvalue weighted by Gasteiger charge is -2.29. The van der Waals surface area contributed by atoms with Gasteiger partial charge in [-0.3, -0.25) is 0 Å². The maximum absolute atomic E-state index is 12.3. The molecule has 0 spiro atoms. The molecule has 1 fully saturated rings. The molecule has 1 heterocycles. The molecule has 100 valence electrons. The molecule has 0 amide bonds. The second-order valence-electron chi connectivity index (χ2n) is 4.26. The van der Waals surface area contributed by atoms with E-state index < -0.39 is 16.1 Å². The number of halogens is 2. The van der Waals surface area contributed by atoms with Crippen molar-refractivity contribution in [3.63, 3.8) is 0 Å². The zero-order chi connectivity index (χ0) is 13.3. The van der Waals surface area contributed by atoms with Crippen molar-refractivity contribution < 1.29 is 13.5 Å². The first kappa shape index (κ1) is 14.1. The fourth-order valence-electron chi connectivity index (χ4n) is 1.97. The number of benzene rings is 1. The number of β-amino-alcohol motifs (C(OH)–C–C–N with tert-alkyl or cyclic N) is 1. The number of nitrogens with zero attached hydrogens (tertiary/aromatic N) is 1. The lowest BCUT2D eigenvalue weighted by atomic mass is 10.1. The number of hydrogen-bond donors (Lipinski definition) is 1. The molecule has 1 atom stereocenters. The van der Waals surface area contributed by atoms with E-state index in [9.17, 15) is 13.5 Å². The van der Waals surface area contributed by atoms with Crippen LogP contribution in [0.5, 0.6) is 0 Å². The van der Waals surface area contributed by atoms with Crippen LogP contribution in [0.3, 0.4) is 0 Å². The molecule has 1 aliphatic heterocycles. The molecule has 0 bridgehead atoms. The van der Waals surface area contributed by atoms with Crippen molar-refractivity contribution in [2.24, 2.45) is 0 Å². The minimum absolute atomic E-state index is 0.0640. The average Bonchev–Trinajstić information content (AvgIpc) is 2.27. The summed E-state index contributed by atoms with van der Waals surface area (Å²) in [6, 6.07) is 4.21. The van der Waals surface area contributed by atoms with Crippen molar-refractivity contribution in [3.8, 4) is 0 Å². The van der Waals surface area contributed by atoms with Gasteiger partial charge in [-0.25, -0.2) is 8.42 Å². The van der Waals surface area contributed by atoms with Crippen LogP contribution in [0, 0.1) is 0 Å². The molecule has 1 saturated heterocycles. The van der Waals surface area contributed by atoms with Crippen LogP contribution in [0.15, 0.2) is 23.1 Å². The Labute approximate surface area is 116 Å². The van der Waals surface area contributed by atoms with Gasteiger partial charge in [0.05, 0.1) is 11.0 Å². The molecule has 0 saturated carbocycles. The molecule has 2 rings (SSSR count). The van der Waals surface area contributed by atoms with Crippen LogP contribution >= 0.6 is 23.2 Å². The minimum atomic E-state index is -3.64. The molecule has 0 radical (unpaired) electrons. The Kier molecular flexibility index (Phi) is 4.18. The molecule has 4 nitrogen and oxygen atoms in total. The third kappa shape index (κ3) is 2.97. The van der Waals surface area contributed by atoms with Gasteiger partial charge in [-0.2, -0.15) is 4.31 Å². The van der Waals surface area contributed by atoms with Crippen LogP contribution in [-0.4, -0.2) is 37.0 Å². The van der Waals surface area contributed by atoms with E-state index in [-0.39, 0.29) is 21.5 Å². The number of rotatable bonds is 2. The van der Waals surface area contributed by atoms with Gasteiger partial charge in [-0.15, -0.1) is 0 Å². The maximum Gasteiger partial charge on any atom is 0.243 e. The molecule has 18 heavy (non-hydrogen) atoms. The monoisotopic (exact) mass is 309 g/mol. The van der Waals surface area contributed by atoms with Gasteiger partial charge < -0.3 is 5.11 Å². The van der Waals surface area contributed by atoms with Crippen LogP contribution in [-0.2, 0) is 10.0 Å². The molecular weight excluding hydrogens is 297 g/mol. The van der Waals surface area contributed by atoms with E-state index >= 15 is 0 Å². The predicted octanol–water partition coefficient (Wildman–Crippen LogP) is 2.14. The van der Waals surface area contributed by atoms with Crippen molar-refractivity contribution in [2.45, 2.75) is 23.8 Å². The van der Waals surface area contributed by atoms with Crippen LogP contribution < -0.4 is 0 Å². The SMILES string of the molecule is O=S(=O)(c1cc(Cl)cc(Cl)c1)N1CCCC(O)C1. The summed E-state index contributed by atoms with van der Waals surface area (Å²) in [6.45, 7) is 0.524. The summed E-state index contributed by atoms with van der Waals surface area (Å²) >= 11 is 11.6. The Bertz CT molecular complexity index is 527. The highest BCUT2D eigenvalue weighted by Gasteiger charge is 2.29. The fourth-order valence-corrected chi connectivity index (χ4v) is 4.21. The van der Waals surface area contributed by atoms with Gasteiger partial charge in [0.1, 0.15) is 0 Å². The first-order valence-corrected chi connectivity index (χ1v) is 7.73. The maximum atomic E-state index is 12.3. The third-order valence-electron chi connectivity index (χ3n) is 2.83. The summed E-state index contributed by atoms with van der Waals surface area (Å²) < 4.78 is 25.9. The number of aliphatic hydroxyl groups excluding tert-OH is 1. The Morgan fingerprint density at radius 1 is 1.22 bits per heavy atom. The van der Waals surface area contributed by atoms with Crippen LogP contribution in [0.2, 0.25) is 10.0 Å². The summed E-state index contributed by atoms with van der Waals surface area (Å²) in [6.07, 6.45) is 0.667. The largest absolute Gasteiger partial charge is 0.392 e. The average molecular weight is 310 g/mol. The van der Waals surface area contributed by atoms with Crippen LogP contribution in [0.25, 0.3) is 0 Å². The standard InChI is InChI=1S/C11H13Cl2NO3S/c12-8-4-9(13)6-11(5-8)18(16,17)14-3-1-2-10(15)7-14/h4-6,10,15H,1-3,7H2. The Morgan fingerprint density at radius 2 is 1.83 bits per heavy atom. The smallest absolute Gasteiger partial charge is 0.243 e. The second-order valence-corrected chi connectivity index (χ2v) is 7.08. The lowest BCUT2D eigenvalue weighted by Crippen LogP contribution is -2.42. The van der Waals surface area contributed by atoms with E-state index in [1.807, 2.05) is 0 Å². The van der Waals surface area contributed by atoms with Crippen molar-refractivity contribution in [1.82, 2.24) is 4.31 Å². The quantitative estimate of drug-likeness (QED) is 0.910. The van der Waals surface area contributed by atoms with Gasteiger partial charge in [-0.05, 0) is 31.0 Å². The highest BCUT2D eigenvalue weighted by atomic mass is 35.5. The zero-order valence-corrected chi connectivity index (χ0v) is 11.8. The molecule has 1 N–H and O–H groups in total. The molecule has 7 heteroatoms. The van der Waals surface area contributed by atoms with Gasteiger partial charge in [-0.1, -0.05) is 23.2 Å². The van der Waals surface area contributed by atoms with Crippen LogP contribution in [0.1, 0.15) is 12.8 Å². The highest BCUT2D eigenvalue weighted by Crippen LogP contribution is 2.26. The van der Waals surface area contributed by atoms with Crippen LogP contribution in [0.4, 0.5) is 0 Å². The summed E-state index contributed by atoms with van der Waals surface area (Å²) in [5.41, 5.74) is 0. The van der Waals surface area contributed by atoms with Gasteiger partial charge in [0.15, 0.2) is 0 Å². The van der Waals surface area contributed by atoms with Gasteiger partial charge in [0, 0.05) is 23.1 Å². The second kappa shape index (κ2) is 5.35. The third-order valence-corrected chi connectivity index (χ3v) is 5.11. The first-order chi connectivity index (χ1) is 8.39. The summed E-state index contributed by atoms with van der Waals surface area (Å²) in [7, 11) is -3.64. The molecule has 0 aromatic heterocycles. The van der Waals surface area contributed by atoms with Crippen molar-refractivity contribution in [1.29, 1.82) is 0 Å². The normalized spacial score (nSPS) is 22.1. The predicted molar refractivity (Wildman–Crippen MR) is 70.5 cm³/mol. The Balaban J connectivity index is 2.35. The van der Waals surface area contributed by atoms with E-state index in [2.05, 4.69) is 0 Å². The van der Waals surface area contributed by atoms with E-state index in [1.165, 1.54) is 22.5 Å². The summed E-state index contributed by atoms with van der Waals surface area (Å²) in [5.74, 6) is 0. The number of piperidine rings is 1. The molecule has 1 unspecified atom stereocenters. The minimum Gasteiger partial charge on any atom is -0.392 e. The lowest BCUT2D eigenvalue weighted by molar-refractivity contribution is 0.108. The molecule has 1 aromatic rings. The number of aliphatic hydroxyl groups is 1. The van der Waals surface area contributed by atoms with E-state index in [0.29, 0.717) is 19.4 Å². The highest BCUT2D eigenvalue weighted by molar-refractivity contribution is 7.89. The van der Waals surface area contributed by atoms with Gasteiger partial charge in [0.25, 0.3) is 0 Å². The van der Waals surface area contributed by atoms with Crippen molar-refractivity contribution in [3.05, 3.63) is 28.2 Å². The van der Waals surface area contributed by atoms with E-state index in [0.717, 1.165) is 0 Å². The summed E-state index contributed by atoms with van der Waals surface area (Å²) in [5, 5.41) is 10.1. The molecule has 0 aliphatic carbocycles. The first-order valence-electron chi connectivity index (χ1n) is 5.54. The summed E-state index contributed by atoms with van der Waals surface area (Å²) in [4.78, 5) is 0.0640. The number of hydrogen-bond acceptors (Lipinski definition) is 3. The fraction of sp³-hybridized carbons (Fsp3) is 0.455. The van der Waals surface area contributed by atoms with Crippen molar-refractivity contribution in [2.75, 3.05) is 13.1 Å². The van der Waals surface area contributed by atoms with Gasteiger partial charge >= 0.3 is 0 Å². The molecular formula is C11H13Cl2NO3S. The molecule has 1 aromatic carbocycles. The Hall–Kier alpha value is -0.330. The molecule has 1 aliphatic rings. The zero-order valence-electron chi connectivity index (χ0n) is 9.51.